The van der Waals surface area contributed by atoms with Gasteiger partial charge in [0.2, 0.25) is 5.83 Å². The van der Waals surface area contributed by atoms with E-state index < -0.39 is 82.9 Å². The number of nitrogens with one attached hydrogen (secondary N) is 2. The van der Waals surface area contributed by atoms with Crippen molar-refractivity contribution in [3.05, 3.63) is 30.0 Å². The SMILES string of the molecule is CCCCCOC(=O)Nc1ccc(OC(F)=C(F)C(F)(F)C(F)(F)C(F)(F)C(F)(F)C(F)(F)C(F)(F)C(F)(F)F)cc1NC(=O)OCCCCC. The summed E-state index contributed by atoms with van der Waals surface area (Å²) in [6, 6.07) is -2.34. The number of unbranched alkanes of at least 4 members (excludes halogenated alkanes) is 4. The Labute approximate surface area is 276 Å². The lowest BCUT2D eigenvalue weighted by atomic mass is 9.91. The van der Waals surface area contributed by atoms with Crippen molar-refractivity contribution in [3.8, 4) is 5.75 Å². The van der Waals surface area contributed by atoms with Gasteiger partial charge in [-0.3, -0.25) is 10.6 Å². The number of alkyl halides is 15. The van der Waals surface area contributed by atoms with Gasteiger partial charge in [-0.15, -0.1) is 0 Å². The van der Waals surface area contributed by atoms with Crippen molar-refractivity contribution < 1.29 is 98.4 Å². The van der Waals surface area contributed by atoms with Crippen molar-refractivity contribution in [1.29, 1.82) is 0 Å². The molecule has 0 aliphatic rings. The second kappa shape index (κ2) is 16.6. The Kier molecular flexibility index (Phi) is 14.7. The monoisotopic (exact) mass is 782 g/mol. The summed E-state index contributed by atoms with van der Waals surface area (Å²) in [5, 5.41) is 3.99. The number of allylic oxidation sites excluding steroid dienone is 1. The maximum absolute atomic E-state index is 14.3. The van der Waals surface area contributed by atoms with Gasteiger partial charge in [-0.1, -0.05) is 39.5 Å². The number of hydrogen-bond donors (Lipinski definition) is 2. The summed E-state index contributed by atoms with van der Waals surface area (Å²) in [6.07, 6.45) is -6.98. The molecule has 51 heavy (non-hydrogen) atoms. The molecular weight excluding hydrogens is 755 g/mol. The summed E-state index contributed by atoms with van der Waals surface area (Å²) in [5.74, 6) is -56.3. The number of rotatable bonds is 18. The van der Waals surface area contributed by atoms with E-state index in [2.05, 4.69) is 10.1 Å². The molecule has 7 nitrogen and oxygen atoms in total. The van der Waals surface area contributed by atoms with Gasteiger partial charge < -0.3 is 14.2 Å². The van der Waals surface area contributed by atoms with Gasteiger partial charge in [0.05, 0.1) is 24.6 Å². The molecule has 0 saturated heterocycles. The van der Waals surface area contributed by atoms with Crippen molar-refractivity contribution in [1.82, 2.24) is 0 Å². The first-order valence-electron chi connectivity index (χ1n) is 14.2. The third-order valence-corrected chi connectivity index (χ3v) is 6.41. The largest absolute Gasteiger partial charge is 0.460 e. The van der Waals surface area contributed by atoms with Gasteiger partial charge in [0.15, 0.2) is 0 Å². The summed E-state index contributed by atoms with van der Waals surface area (Å²) in [5.41, 5.74) is -1.20. The summed E-state index contributed by atoms with van der Waals surface area (Å²) in [4.78, 5) is 24.3. The lowest BCUT2D eigenvalue weighted by Crippen LogP contribution is -2.72. The quantitative estimate of drug-likeness (QED) is 0.0880. The van der Waals surface area contributed by atoms with Crippen molar-refractivity contribution in [3.63, 3.8) is 0 Å². The predicted octanol–water partition coefficient (Wildman–Crippen LogP) is 11.0. The molecule has 0 unspecified atom stereocenters. The fourth-order valence-electron chi connectivity index (χ4n) is 3.50. The second-order valence-electron chi connectivity index (χ2n) is 10.3. The molecule has 0 spiro atoms. The lowest BCUT2D eigenvalue weighted by Gasteiger charge is -2.41. The van der Waals surface area contributed by atoms with E-state index in [1.807, 2.05) is 12.2 Å². The normalized spacial score (nSPS) is 14.1. The molecule has 1 rings (SSSR count). The van der Waals surface area contributed by atoms with Crippen LogP contribution in [0.15, 0.2) is 30.0 Å². The minimum absolute atomic E-state index is 0.120. The number of halogens is 17. The van der Waals surface area contributed by atoms with E-state index >= 15 is 0 Å². The van der Waals surface area contributed by atoms with Crippen LogP contribution in [0.25, 0.3) is 0 Å². The second-order valence-corrected chi connectivity index (χ2v) is 10.3. The minimum atomic E-state index is -8.73. The number of carbonyl (C=O) groups excluding carboxylic acids is 2. The van der Waals surface area contributed by atoms with Crippen LogP contribution in [0.4, 0.5) is 95.6 Å². The van der Waals surface area contributed by atoms with Crippen molar-refractivity contribution in [2.75, 3.05) is 23.8 Å². The lowest BCUT2D eigenvalue weighted by molar-refractivity contribution is -0.451. The number of hydrogen-bond acceptors (Lipinski definition) is 5. The molecule has 0 aromatic heterocycles. The van der Waals surface area contributed by atoms with Gasteiger partial charge in [-0.05, 0) is 25.0 Å². The van der Waals surface area contributed by atoms with Crippen LogP contribution in [0.5, 0.6) is 5.75 Å². The third-order valence-electron chi connectivity index (χ3n) is 6.41. The number of benzene rings is 1. The molecule has 0 atom stereocenters. The van der Waals surface area contributed by atoms with E-state index in [1.165, 1.54) is 0 Å². The van der Waals surface area contributed by atoms with Gasteiger partial charge in [0.25, 0.3) is 0 Å². The number of ether oxygens (including phenoxy) is 3. The Morgan fingerprint density at radius 3 is 1.43 bits per heavy atom. The van der Waals surface area contributed by atoms with Crippen LogP contribution in [0, 0.1) is 0 Å². The predicted molar refractivity (Wildman–Crippen MR) is 141 cm³/mol. The van der Waals surface area contributed by atoms with E-state index in [0.717, 1.165) is 6.42 Å². The van der Waals surface area contributed by atoms with Crippen LogP contribution in [0.1, 0.15) is 52.4 Å². The first-order valence-corrected chi connectivity index (χ1v) is 14.2. The molecule has 0 saturated carbocycles. The highest BCUT2D eigenvalue weighted by molar-refractivity contribution is 5.95. The highest BCUT2D eigenvalue weighted by atomic mass is 19.4. The Hall–Kier alpha value is -3.89. The zero-order valence-electron chi connectivity index (χ0n) is 25.9. The molecular formula is C27H27F17N2O5. The summed E-state index contributed by atoms with van der Waals surface area (Å²) in [6.45, 7) is 3.29. The standard InChI is InChI=1S/C27H27F17N2O5/c1-3-5-7-11-49-19(47)45-15-10-9-14(13-16(15)46-20(48)50-12-8-6-4-2)51-18(29)17(28)21(30,31)22(32,33)23(34,35)24(36,37)25(38,39)26(40,41)27(42,43)44/h9-10,13H,3-8,11-12H2,1-2H3,(H,45,47)(H,46,48). The van der Waals surface area contributed by atoms with E-state index in [4.69, 9.17) is 9.47 Å². The molecule has 2 N–H and O–H groups in total. The zero-order valence-corrected chi connectivity index (χ0v) is 25.9. The molecule has 0 aliphatic heterocycles. The van der Waals surface area contributed by atoms with Crippen LogP contribution in [0.3, 0.4) is 0 Å². The average molecular weight is 782 g/mol. The third kappa shape index (κ3) is 9.51. The highest BCUT2D eigenvalue weighted by Gasteiger charge is 2.93. The van der Waals surface area contributed by atoms with E-state index in [1.54, 1.807) is 6.92 Å². The maximum atomic E-state index is 14.3. The molecule has 0 fully saturated rings. The van der Waals surface area contributed by atoms with Gasteiger partial charge in [-0.25, -0.2) is 9.59 Å². The fourth-order valence-corrected chi connectivity index (χ4v) is 3.50. The molecule has 1 aromatic rings. The van der Waals surface area contributed by atoms with E-state index in [-0.39, 0.29) is 13.2 Å². The summed E-state index contributed by atoms with van der Waals surface area (Å²) < 4.78 is 243. The first-order chi connectivity index (χ1) is 23.1. The van der Waals surface area contributed by atoms with E-state index in [9.17, 15) is 84.2 Å². The number of anilines is 2. The van der Waals surface area contributed by atoms with Gasteiger partial charge in [-0.2, -0.15) is 74.6 Å². The average Bonchev–Trinajstić information content (AvgIpc) is 3.01. The maximum Gasteiger partial charge on any atom is 0.460 e. The Morgan fingerprint density at radius 2 is 1.00 bits per heavy atom. The zero-order chi connectivity index (χ0) is 39.9. The smallest absolute Gasteiger partial charge is 0.449 e. The molecule has 0 heterocycles. The van der Waals surface area contributed by atoms with Crippen LogP contribution in [0.2, 0.25) is 0 Å². The first kappa shape index (κ1) is 45.1. The molecule has 0 bridgehead atoms. The van der Waals surface area contributed by atoms with Crippen molar-refractivity contribution >= 4 is 23.6 Å². The Bertz CT molecular complexity index is 1380. The molecule has 2 amide bonds. The molecule has 0 radical (unpaired) electrons. The van der Waals surface area contributed by atoms with Gasteiger partial charge >= 0.3 is 59.9 Å². The molecule has 24 heteroatoms. The number of carbonyl (C=O) groups is 2. The summed E-state index contributed by atoms with van der Waals surface area (Å²) in [7, 11) is 0. The van der Waals surface area contributed by atoms with Crippen LogP contribution >= 0.6 is 0 Å². The van der Waals surface area contributed by atoms with Crippen molar-refractivity contribution in [2.24, 2.45) is 0 Å². The van der Waals surface area contributed by atoms with Crippen LogP contribution < -0.4 is 15.4 Å². The molecule has 294 valence electrons. The summed E-state index contributed by atoms with van der Waals surface area (Å²) >= 11 is 0. The highest BCUT2D eigenvalue weighted by Crippen LogP contribution is 2.63. The number of amides is 2. The minimum Gasteiger partial charge on any atom is -0.449 e. The van der Waals surface area contributed by atoms with Crippen LogP contribution in [-0.4, -0.2) is 67.1 Å². The van der Waals surface area contributed by atoms with Gasteiger partial charge in [0, 0.05) is 6.07 Å². The molecule has 0 aliphatic carbocycles. The fraction of sp³-hybridized carbons (Fsp3) is 0.630. The van der Waals surface area contributed by atoms with Crippen molar-refractivity contribution in [2.45, 2.75) is 94.1 Å². The molecule has 1 aromatic carbocycles. The van der Waals surface area contributed by atoms with Gasteiger partial charge in [0.1, 0.15) is 5.75 Å². The Morgan fingerprint density at radius 1 is 0.588 bits per heavy atom. The topological polar surface area (TPSA) is 85.9 Å². The van der Waals surface area contributed by atoms with Crippen LogP contribution in [-0.2, 0) is 9.47 Å². The van der Waals surface area contributed by atoms with E-state index in [0.29, 0.717) is 50.3 Å². The Balaban J connectivity index is 3.53.